The number of amides is 1. The number of nitrogens with zero attached hydrogens (tertiary/aromatic N) is 2. The van der Waals surface area contributed by atoms with E-state index in [0.29, 0.717) is 23.3 Å². The number of pyridine rings is 1. The summed E-state index contributed by atoms with van der Waals surface area (Å²) in [6.45, 7) is 2.27. The van der Waals surface area contributed by atoms with E-state index >= 15 is 0 Å². The van der Waals surface area contributed by atoms with Crippen LogP contribution in [-0.4, -0.2) is 27.3 Å². The first-order chi connectivity index (χ1) is 12.1. The van der Waals surface area contributed by atoms with Crippen LogP contribution >= 0.6 is 0 Å². The van der Waals surface area contributed by atoms with Crippen molar-refractivity contribution in [1.29, 1.82) is 0 Å². The molecule has 0 saturated heterocycles. The molecule has 3 aliphatic carbocycles. The van der Waals surface area contributed by atoms with Crippen LogP contribution in [0.2, 0.25) is 0 Å². The van der Waals surface area contributed by atoms with Gasteiger partial charge in [0.2, 0.25) is 0 Å². The third kappa shape index (κ3) is 2.78. The normalized spacial score (nSPS) is 38.9. The molecule has 2 bridgehead atoms. The van der Waals surface area contributed by atoms with E-state index in [1.54, 1.807) is 24.5 Å². The summed E-state index contributed by atoms with van der Waals surface area (Å²) in [5, 5.41) is 16.1. The maximum absolute atomic E-state index is 12.3. The molecular weight excluding hydrogens is 314 g/mol. The number of fused-ring (bicyclic) bond motifs is 4. The summed E-state index contributed by atoms with van der Waals surface area (Å²) >= 11 is 0. The van der Waals surface area contributed by atoms with Crippen LogP contribution in [0, 0.1) is 23.7 Å². The summed E-state index contributed by atoms with van der Waals surface area (Å²) in [5.41, 5.74) is 3.70. The number of carbonyl (C=O) groups is 1. The second-order valence-corrected chi connectivity index (χ2v) is 8.01. The SMILES string of the molecule is CC1C2CCCC(/C2=N/NC(=O)c2ccncc2)C2(O)CCCCC12. The summed E-state index contributed by atoms with van der Waals surface area (Å²) in [6, 6.07) is 3.37. The molecule has 1 aromatic rings. The predicted octanol–water partition coefficient (Wildman–Crippen LogP) is 3.15. The number of hydrogen-bond donors (Lipinski definition) is 2. The van der Waals surface area contributed by atoms with Gasteiger partial charge in [0.15, 0.2) is 0 Å². The van der Waals surface area contributed by atoms with Crippen molar-refractivity contribution in [2.24, 2.45) is 28.8 Å². The quantitative estimate of drug-likeness (QED) is 0.812. The third-order valence-electron chi connectivity index (χ3n) is 6.83. The van der Waals surface area contributed by atoms with E-state index < -0.39 is 5.60 Å². The monoisotopic (exact) mass is 341 g/mol. The van der Waals surface area contributed by atoms with Crippen LogP contribution in [0.1, 0.15) is 62.2 Å². The highest BCUT2D eigenvalue weighted by Crippen LogP contribution is 2.55. The van der Waals surface area contributed by atoms with Gasteiger partial charge in [-0.15, -0.1) is 0 Å². The smallest absolute Gasteiger partial charge is 0.271 e. The first-order valence-electron chi connectivity index (χ1n) is 9.61. The lowest BCUT2D eigenvalue weighted by Crippen LogP contribution is -2.61. The molecule has 1 aromatic heterocycles. The van der Waals surface area contributed by atoms with Gasteiger partial charge < -0.3 is 5.11 Å². The van der Waals surface area contributed by atoms with E-state index in [1.165, 1.54) is 6.42 Å². The topological polar surface area (TPSA) is 74.6 Å². The number of nitrogens with one attached hydrogen (secondary N) is 1. The van der Waals surface area contributed by atoms with Gasteiger partial charge in [0.05, 0.1) is 5.60 Å². The molecule has 5 atom stereocenters. The number of aliphatic hydroxyl groups is 1. The summed E-state index contributed by atoms with van der Waals surface area (Å²) in [5.74, 6) is 1.09. The third-order valence-corrected chi connectivity index (χ3v) is 6.83. The van der Waals surface area contributed by atoms with Gasteiger partial charge in [-0.2, -0.15) is 5.10 Å². The molecule has 3 saturated carbocycles. The summed E-state index contributed by atoms with van der Waals surface area (Å²) in [6.07, 6.45) is 10.8. The second-order valence-electron chi connectivity index (χ2n) is 8.01. The molecule has 5 heteroatoms. The van der Waals surface area contributed by atoms with Gasteiger partial charge in [-0.25, -0.2) is 5.43 Å². The zero-order valence-electron chi connectivity index (χ0n) is 14.8. The maximum Gasteiger partial charge on any atom is 0.271 e. The minimum absolute atomic E-state index is 0.102. The van der Waals surface area contributed by atoms with Crippen LogP contribution < -0.4 is 5.43 Å². The maximum atomic E-state index is 12.3. The predicted molar refractivity (Wildman–Crippen MR) is 96.0 cm³/mol. The highest BCUT2D eigenvalue weighted by atomic mass is 16.3. The molecule has 2 N–H and O–H groups in total. The minimum atomic E-state index is -0.630. The Morgan fingerprint density at radius 1 is 1.24 bits per heavy atom. The van der Waals surface area contributed by atoms with E-state index in [4.69, 9.17) is 0 Å². The zero-order chi connectivity index (χ0) is 17.4. The Bertz CT molecular complexity index is 675. The molecule has 5 nitrogen and oxygen atoms in total. The largest absolute Gasteiger partial charge is 0.389 e. The molecule has 3 aliphatic rings. The minimum Gasteiger partial charge on any atom is -0.389 e. The zero-order valence-corrected chi connectivity index (χ0v) is 14.8. The molecule has 0 spiro atoms. The van der Waals surface area contributed by atoms with Crippen molar-refractivity contribution in [2.45, 2.75) is 57.5 Å². The van der Waals surface area contributed by atoms with Gasteiger partial charge in [0.1, 0.15) is 0 Å². The molecule has 3 fully saturated rings. The first-order valence-corrected chi connectivity index (χ1v) is 9.61. The van der Waals surface area contributed by atoms with E-state index in [0.717, 1.165) is 44.2 Å². The van der Waals surface area contributed by atoms with Crippen LogP contribution in [-0.2, 0) is 0 Å². The van der Waals surface area contributed by atoms with Crippen molar-refractivity contribution >= 4 is 11.6 Å². The van der Waals surface area contributed by atoms with Crippen LogP contribution in [0.3, 0.4) is 0 Å². The second kappa shape index (κ2) is 6.52. The van der Waals surface area contributed by atoms with Crippen molar-refractivity contribution in [3.8, 4) is 0 Å². The van der Waals surface area contributed by atoms with E-state index in [9.17, 15) is 9.90 Å². The summed E-state index contributed by atoms with van der Waals surface area (Å²) in [7, 11) is 0. The molecule has 25 heavy (non-hydrogen) atoms. The fourth-order valence-electron chi connectivity index (χ4n) is 5.62. The van der Waals surface area contributed by atoms with Crippen molar-refractivity contribution in [2.75, 3.05) is 0 Å². The number of aromatic nitrogens is 1. The van der Waals surface area contributed by atoms with Crippen LogP contribution in [0.4, 0.5) is 0 Å². The molecule has 0 radical (unpaired) electrons. The number of hydrogen-bond acceptors (Lipinski definition) is 4. The average molecular weight is 341 g/mol. The van der Waals surface area contributed by atoms with Gasteiger partial charge >= 0.3 is 0 Å². The Morgan fingerprint density at radius 2 is 2.04 bits per heavy atom. The lowest BCUT2D eigenvalue weighted by molar-refractivity contribution is -0.122. The molecule has 5 unspecified atom stereocenters. The van der Waals surface area contributed by atoms with E-state index in [1.807, 2.05) is 0 Å². The fraction of sp³-hybridized carbons (Fsp3) is 0.650. The lowest BCUT2D eigenvalue weighted by Gasteiger charge is -2.57. The van der Waals surface area contributed by atoms with Gasteiger partial charge in [-0.3, -0.25) is 9.78 Å². The number of carbonyl (C=O) groups excluding carboxylic acids is 1. The molecule has 1 heterocycles. The van der Waals surface area contributed by atoms with Crippen LogP contribution in [0.5, 0.6) is 0 Å². The Morgan fingerprint density at radius 3 is 2.84 bits per heavy atom. The fourth-order valence-corrected chi connectivity index (χ4v) is 5.62. The Kier molecular flexibility index (Phi) is 4.36. The standard InChI is InChI=1S/C20H27N3O2/c1-13-15-5-4-7-17(20(25)10-3-2-6-16(13)20)18(15)22-23-19(24)14-8-11-21-12-9-14/h8-9,11-13,15-17,25H,2-7,10H2,1H3,(H,23,24)/b22-18+. The van der Waals surface area contributed by atoms with Crippen LogP contribution in [0.15, 0.2) is 29.6 Å². The van der Waals surface area contributed by atoms with Gasteiger partial charge in [-0.1, -0.05) is 26.2 Å². The molecule has 4 rings (SSSR count). The van der Waals surface area contributed by atoms with Gasteiger partial charge in [-0.05, 0) is 49.7 Å². The molecule has 1 amide bonds. The lowest BCUT2D eigenvalue weighted by atomic mass is 9.51. The Labute approximate surface area is 148 Å². The van der Waals surface area contributed by atoms with Gasteiger partial charge in [0, 0.05) is 35.5 Å². The van der Waals surface area contributed by atoms with Crippen molar-refractivity contribution in [1.82, 2.24) is 10.4 Å². The van der Waals surface area contributed by atoms with Crippen molar-refractivity contribution in [3.63, 3.8) is 0 Å². The van der Waals surface area contributed by atoms with E-state index in [2.05, 4.69) is 22.4 Å². The molecule has 0 aliphatic heterocycles. The van der Waals surface area contributed by atoms with E-state index in [-0.39, 0.29) is 11.8 Å². The average Bonchev–Trinajstić information content (AvgIpc) is 2.65. The highest BCUT2D eigenvalue weighted by Gasteiger charge is 2.57. The Hall–Kier alpha value is -1.75. The molecule has 134 valence electrons. The van der Waals surface area contributed by atoms with Crippen molar-refractivity contribution < 1.29 is 9.90 Å². The Balaban J connectivity index is 1.61. The van der Waals surface area contributed by atoms with Crippen LogP contribution in [0.25, 0.3) is 0 Å². The van der Waals surface area contributed by atoms with Crippen molar-refractivity contribution in [3.05, 3.63) is 30.1 Å². The molecule has 0 aromatic carbocycles. The van der Waals surface area contributed by atoms with Gasteiger partial charge in [0.25, 0.3) is 5.91 Å². The number of hydrazone groups is 1. The molecular formula is C20H27N3O2. The first kappa shape index (κ1) is 16.7. The number of rotatable bonds is 2. The highest BCUT2D eigenvalue weighted by molar-refractivity contribution is 5.97. The summed E-state index contributed by atoms with van der Waals surface area (Å²) < 4.78 is 0. The summed E-state index contributed by atoms with van der Waals surface area (Å²) in [4.78, 5) is 16.3.